The van der Waals surface area contributed by atoms with E-state index in [0.29, 0.717) is 5.02 Å². The second kappa shape index (κ2) is 15.4. The summed E-state index contributed by atoms with van der Waals surface area (Å²) in [7, 11) is -5.49. The summed E-state index contributed by atoms with van der Waals surface area (Å²) in [5.74, 6) is 0.291. The van der Waals surface area contributed by atoms with E-state index in [0.717, 1.165) is 17.1 Å². The first-order valence-electron chi connectivity index (χ1n) is 13.1. The Hall–Kier alpha value is -0.140. The van der Waals surface area contributed by atoms with Crippen LogP contribution in [0.15, 0.2) is 58.2 Å². The van der Waals surface area contributed by atoms with E-state index in [1.165, 1.54) is 26.3 Å². The van der Waals surface area contributed by atoms with Crippen LogP contribution in [0.3, 0.4) is 0 Å². The number of halogens is 1. The summed E-state index contributed by atoms with van der Waals surface area (Å²) in [5.41, 5.74) is -2.58. The Labute approximate surface area is 271 Å². The number of hydrogen-bond acceptors (Lipinski definition) is 11. The SMILES string of the molecule is CN=P(OC)(Oc1ccc(C(C)(C)C)cc1Cl)O[N@+](CCS)(SP(=S)(OC(C)C)OC(C)C)S(=O)(=O)c1ccccc1. The number of sulfonamides is 1. The average molecular weight is 720 g/mol. The highest BCUT2D eigenvalue weighted by molar-refractivity contribution is 8.66. The second-order valence-corrected chi connectivity index (χ2v) is 21.9. The van der Waals surface area contributed by atoms with Gasteiger partial charge in [0, 0.05) is 23.4 Å². The van der Waals surface area contributed by atoms with E-state index in [9.17, 15) is 8.42 Å². The van der Waals surface area contributed by atoms with Crippen LogP contribution < -0.4 is 4.52 Å². The van der Waals surface area contributed by atoms with Gasteiger partial charge in [0.1, 0.15) is 17.2 Å². The molecule has 0 spiro atoms. The third-order valence-corrected chi connectivity index (χ3v) is 16.1. The van der Waals surface area contributed by atoms with E-state index in [1.807, 2.05) is 6.07 Å². The average Bonchev–Trinajstić information content (AvgIpc) is 2.88. The summed E-state index contributed by atoms with van der Waals surface area (Å²) < 4.78 is 63.0. The van der Waals surface area contributed by atoms with E-state index < -0.39 is 26.9 Å². The first-order valence-corrected chi connectivity index (χ1v) is 21.1. The number of rotatable bonds is 15. The fraction of sp³-hybridized carbons (Fsp3) is 0.538. The van der Waals surface area contributed by atoms with Crippen LogP contribution in [0.4, 0.5) is 0 Å². The van der Waals surface area contributed by atoms with E-state index in [4.69, 9.17) is 46.1 Å². The molecule has 2 aromatic rings. The van der Waals surface area contributed by atoms with Gasteiger partial charge >= 0.3 is 23.5 Å². The maximum Gasteiger partial charge on any atom is 0.461 e. The van der Waals surface area contributed by atoms with Crippen molar-refractivity contribution in [3.05, 3.63) is 59.1 Å². The summed E-state index contributed by atoms with van der Waals surface area (Å²) >= 11 is 17.7. The van der Waals surface area contributed by atoms with Crippen molar-refractivity contribution in [2.45, 2.75) is 71.0 Å². The van der Waals surface area contributed by atoms with Crippen LogP contribution in [0.5, 0.6) is 5.75 Å². The Morgan fingerprint density at radius 2 is 1.64 bits per heavy atom. The van der Waals surface area contributed by atoms with Gasteiger partial charge in [0.15, 0.2) is 0 Å². The van der Waals surface area contributed by atoms with Gasteiger partial charge in [0.25, 0.3) is 0 Å². The second-order valence-electron chi connectivity index (χ2n) is 10.6. The van der Waals surface area contributed by atoms with Crippen LogP contribution in [-0.2, 0) is 45.4 Å². The predicted molar refractivity (Wildman–Crippen MR) is 181 cm³/mol. The van der Waals surface area contributed by atoms with E-state index >= 15 is 0 Å². The third-order valence-electron chi connectivity index (χ3n) is 5.40. The molecule has 238 valence electrons. The fourth-order valence-electron chi connectivity index (χ4n) is 3.48. The van der Waals surface area contributed by atoms with Gasteiger partial charge < -0.3 is 13.6 Å². The smallest absolute Gasteiger partial charge is 0.414 e. The zero-order valence-electron chi connectivity index (χ0n) is 25.4. The molecule has 0 saturated carbocycles. The minimum absolute atomic E-state index is 0.0206. The first kappa shape index (κ1) is 38.0. The zero-order valence-corrected chi connectivity index (χ0v) is 31.3. The lowest BCUT2D eigenvalue weighted by Crippen LogP contribution is -2.47. The number of quaternary nitrogens is 1. The monoisotopic (exact) mass is 719 g/mol. The van der Waals surface area contributed by atoms with Crippen molar-refractivity contribution in [3.8, 4) is 5.75 Å². The van der Waals surface area contributed by atoms with Crippen molar-refractivity contribution in [1.29, 1.82) is 0 Å². The van der Waals surface area contributed by atoms with Crippen molar-refractivity contribution in [1.82, 2.24) is 0 Å². The van der Waals surface area contributed by atoms with Gasteiger partial charge in [-0.25, -0.2) is 4.74 Å². The van der Waals surface area contributed by atoms with Crippen LogP contribution >= 0.6 is 49.2 Å². The summed E-state index contributed by atoms with van der Waals surface area (Å²) in [6, 6.07) is 13.2. The van der Waals surface area contributed by atoms with Crippen LogP contribution in [-0.4, -0.2) is 50.5 Å². The molecule has 42 heavy (non-hydrogen) atoms. The molecule has 0 amide bonds. The summed E-state index contributed by atoms with van der Waals surface area (Å²) in [6.45, 7) is 13.2. The molecule has 0 fully saturated rings. The van der Waals surface area contributed by atoms with Gasteiger partial charge in [0.2, 0.25) is 11.6 Å². The maximum atomic E-state index is 14.6. The molecule has 1 unspecified atom stereocenters. The van der Waals surface area contributed by atoms with Crippen LogP contribution in [0.25, 0.3) is 0 Å². The Kier molecular flexibility index (Phi) is 14.0. The normalized spacial score (nSPS) is 15.8. The van der Waals surface area contributed by atoms with Crippen LogP contribution in [0.2, 0.25) is 5.02 Å². The minimum Gasteiger partial charge on any atom is -0.414 e. The zero-order chi connectivity index (χ0) is 32.0. The molecule has 9 nitrogen and oxygen atoms in total. The van der Waals surface area contributed by atoms with Crippen LogP contribution in [0, 0.1) is 0 Å². The van der Waals surface area contributed by atoms with Crippen molar-refractivity contribution in [2.24, 2.45) is 4.74 Å². The van der Waals surface area contributed by atoms with Gasteiger partial charge in [-0.1, -0.05) is 61.3 Å². The molecule has 0 aliphatic heterocycles. The van der Waals surface area contributed by atoms with E-state index in [-0.39, 0.29) is 40.6 Å². The largest absolute Gasteiger partial charge is 0.461 e. The molecule has 2 atom stereocenters. The standard InChI is InChI=1S/C26H41ClN2O7P2S4/c1-20(2)33-38(40,34-21(3)4)41-29(17-18-39,42(30,31)23-13-11-10-12-14-23)36-37(28-8,32-9)35-25-16-15-22(19-24(25)27)26(5,6)7/h10-16,19-21H,17-18H2,1-9H3/p+1/t29-,37?/m1/s1. The molecule has 0 radical (unpaired) electrons. The topological polar surface area (TPSA) is 92.7 Å². The summed E-state index contributed by atoms with van der Waals surface area (Å²) in [5, 5.41) is 0.290. The first-order chi connectivity index (χ1) is 19.4. The summed E-state index contributed by atoms with van der Waals surface area (Å²) in [4.78, 5) is -0.0206. The highest BCUT2D eigenvalue weighted by atomic mass is 35.5. The lowest BCUT2D eigenvalue weighted by molar-refractivity contribution is -0.857. The number of benzene rings is 2. The molecule has 0 aromatic heterocycles. The Morgan fingerprint density at radius 1 is 1.07 bits per heavy atom. The maximum absolute atomic E-state index is 14.6. The molecule has 0 aliphatic rings. The number of thiol groups is 1. The molecule has 2 aromatic carbocycles. The van der Waals surface area contributed by atoms with Gasteiger partial charge in [0.05, 0.1) is 17.2 Å². The fourth-order valence-corrected chi connectivity index (χ4v) is 16.6. The molecular weight excluding hydrogens is 678 g/mol. The lowest BCUT2D eigenvalue weighted by atomic mass is 9.87. The quantitative estimate of drug-likeness (QED) is 0.0637. The van der Waals surface area contributed by atoms with E-state index in [2.05, 4.69) is 38.1 Å². The van der Waals surface area contributed by atoms with Gasteiger partial charge in [-0.3, -0.25) is 4.52 Å². The van der Waals surface area contributed by atoms with Crippen molar-refractivity contribution in [3.63, 3.8) is 0 Å². The molecule has 0 N–H and O–H groups in total. The third kappa shape index (κ3) is 9.68. The van der Waals surface area contributed by atoms with E-state index in [1.54, 1.807) is 58.0 Å². The minimum atomic E-state index is -4.41. The number of hydroxylamine groups is 1. The lowest BCUT2D eigenvalue weighted by Gasteiger charge is -2.36. The summed E-state index contributed by atoms with van der Waals surface area (Å²) in [6.07, 6.45) is -0.734. The molecule has 16 heteroatoms. The Morgan fingerprint density at radius 3 is 2.07 bits per heavy atom. The highest BCUT2D eigenvalue weighted by Gasteiger charge is 2.58. The molecule has 0 bridgehead atoms. The number of hydrogen-bond donors (Lipinski definition) is 1. The van der Waals surface area contributed by atoms with Crippen LogP contribution in [0.1, 0.15) is 54.0 Å². The molecule has 0 aliphatic carbocycles. The van der Waals surface area contributed by atoms with Crippen molar-refractivity contribution < 1.29 is 34.6 Å². The molecule has 0 heterocycles. The molecule has 0 saturated heterocycles. The highest BCUT2D eigenvalue weighted by Crippen LogP contribution is 2.70. The van der Waals surface area contributed by atoms with Crippen molar-refractivity contribution >= 4 is 71.1 Å². The Bertz CT molecular complexity index is 1390. The van der Waals surface area contributed by atoms with Crippen molar-refractivity contribution in [2.75, 3.05) is 26.5 Å². The van der Waals surface area contributed by atoms with Gasteiger partial charge in [-0.15, -0.1) is 0 Å². The van der Waals surface area contributed by atoms with Gasteiger partial charge in [-0.2, -0.15) is 21.0 Å². The predicted octanol–water partition coefficient (Wildman–Crippen LogP) is 9.03. The van der Waals surface area contributed by atoms with Gasteiger partial charge in [-0.05, 0) is 74.7 Å². The molecule has 2 rings (SSSR count). The Balaban J connectivity index is 2.82. The molecular formula is C26H42ClN2O7P2S4+. The number of nitrogens with zero attached hydrogens (tertiary/aromatic N) is 2.